The van der Waals surface area contributed by atoms with Gasteiger partial charge in [0.15, 0.2) is 11.7 Å². The second-order valence-electron chi connectivity index (χ2n) is 3.98. The first-order valence-electron chi connectivity index (χ1n) is 5.77. The molecule has 0 fully saturated rings. The fourth-order valence-corrected chi connectivity index (χ4v) is 2.17. The van der Waals surface area contributed by atoms with Gasteiger partial charge < -0.3 is 14.6 Å². The fraction of sp³-hybridized carbons (Fsp3) is 0.154. The Bertz CT molecular complexity index is 658. The van der Waals surface area contributed by atoms with Crippen LogP contribution in [0.1, 0.15) is 22.1 Å². The second-order valence-corrected chi connectivity index (χ2v) is 4.82. The smallest absolute Gasteiger partial charge is 0.333 e. The van der Waals surface area contributed by atoms with E-state index in [9.17, 15) is 9.59 Å². The van der Waals surface area contributed by atoms with Crippen LogP contribution >= 0.6 is 23.2 Å². The molecule has 1 atom stereocenters. The van der Waals surface area contributed by atoms with E-state index in [1.54, 1.807) is 6.07 Å². The molecule has 0 aliphatic heterocycles. The normalized spacial score (nSPS) is 11.8. The maximum atomic E-state index is 12.0. The highest BCUT2D eigenvalue weighted by Crippen LogP contribution is 2.27. The lowest BCUT2D eigenvalue weighted by Gasteiger charge is -2.17. The minimum absolute atomic E-state index is 0.0361. The van der Waals surface area contributed by atoms with Crippen LogP contribution in [0.15, 0.2) is 35.1 Å². The highest BCUT2D eigenvalue weighted by atomic mass is 35.5. The molecular weight excluding hydrogens is 319 g/mol. The summed E-state index contributed by atoms with van der Waals surface area (Å²) in [7, 11) is 1.21. The molecule has 110 valence electrons. The molecular formula is C13H10Cl2N2O4. The number of amides is 1. The van der Waals surface area contributed by atoms with Crippen molar-refractivity contribution in [3.8, 4) is 0 Å². The molecule has 1 heterocycles. The molecule has 0 spiro atoms. The molecule has 0 saturated heterocycles. The van der Waals surface area contributed by atoms with Crippen LogP contribution in [0.25, 0.3) is 0 Å². The van der Waals surface area contributed by atoms with E-state index >= 15 is 0 Å². The number of carbonyl (C=O) groups excluding carboxylic acids is 2. The number of nitrogens with one attached hydrogen (secondary N) is 1. The van der Waals surface area contributed by atoms with Crippen molar-refractivity contribution in [3.63, 3.8) is 0 Å². The molecule has 0 radical (unpaired) electrons. The number of aromatic nitrogens is 1. The largest absolute Gasteiger partial charge is 0.467 e. The molecule has 1 aromatic heterocycles. The number of nitrogens with zero attached hydrogens (tertiary/aromatic N) is 1. The summed E-state index contributed by atoms with van der Waals surface area (Å²) >= 11 is 11.9. The third-order valence-electron chi connectivity index (χ3n) is 2.66. The SMILES string of the molecule is COC(=O)C(NC(=O)c1ccon1)c1ccc(Cl)cc1Cl. The number of rotatable bonds is 4. The lowest BCUT2D eigenvalue weighted by Crippen LogP contribution is -2.34. The number of hydrogen-bond acceptors (Lipinski definition) is 5. The van der Waals surface area contributed by atoms with E-state index in [0.29, 0.717) is 10.6 Å². The summed E-state index contributed by atoms with van der Waals surface area (Å²) in [5, 5.41) is 6.62. The van der Waals surface area contributed by atoms with E-state index < -0.39 is 17.9 Å². The quantitative estimate of drug-likeness (QED) is 0.872. The molecule has 0 saturated carbocycles. The Morgan fingerprint density at radius 2 is 2.10 bits per heavy atom. The Hall–Kier alpha value is -2.05. The maximum Gasteiger partial charge on any atom is 0.333 e. The lowest BCUT2D eigenvalue weighted by atomic mass is 10.1. The van der Waals surface area contributed by atoms with E-state index in [2.05, 4.69) is 19.7 Å². The summed E-state index contributed by atoms with van der Waals surface area (Å²) in [6.45, 7) is 0. The van der Waals surface area contributed by atoms with Gasteiger partial charge in [0, 0.05) is 21.7 Å². The van der Waals surface area contributed by atoms with Gasteiger partial charge in [-0.1, -0.05) is 34.4 Å². The van der Waals surface area contributed by atoms with Gasteiger partial charge in [-0.05, 0) is 12.1 Å². The maximum absolute atomic E-state index is 12.0. The van der Waals surface area contributed by atoms with Gasteiger partial charge in [0.2, 0.25) is 0 Å². The summed E-state index contributed by atoms with van der Waals surface area (Å²) in [6, 6.07) is 4.85. The summed E-state index contributed by atoms with van der Waals surface area (Å²) in [6.07, 6.45) is 1.25. The van der Waals surface area contributed by atoms with Crippen LogP contribution < -0.4 is 5.32 Å². The molecule has 6 nitrogen and oxygen atoms in total. The van der Waals surface area contributed by atoms with Gasteiger partial charge in [-0.3, -0.25) is 4.79 Å². The molecule has 0 aliphatic rings. The van der Waals surface area contributed by atoms with Crippen LogP contribution in [0.5, 0.6) is 0 Å². The van der Waals surface area contributed by atoms with Gasteiger partial charge in [0.05, 0.1) is 7.11 Å². The zero-order valence-corrected chi connectivity index (χ0v) is 12.3. The van der Waals surface area contributed by atoms with Crippen LogP contribution in [-0.2, 0) is 9.53 Å². The van der Waals surface area contributed by atoms with Crippen molar-refractivity contribution in [2.24, 2.45) is 0 Å². The summed E-state index contributed by atoms with van der Waals surface area (Å²) < 4.78 is 9.26. The van der Waals surface area contributed by atoms with Crippen molar-refractivity contribution in [1.29, 1.82) is 0 Å². The van der Waals surface area contributed by atoms with Gasteiger partial charge in [-0.2, -0.15) is 0 Å². The Labute approximate surface area is 130 Å². The van der Waals surface area contributed by atoms with Crippen molar-refractivity contribution < 1.29 is 18.8 Å². The molecule has 21 heavy (non-hydrogen) atoms. The van der Waals surface area contributed by atoms with Gasteiger partial charge in [0.25, 0.3) is 5.91 Å². The van der Waals surface area contributed by atoms with Crippen LogP contribution in [0.2, 0.25) is 10.0 Å². The second kappa shape index (κ2) is 6.60. The number of methoxy groups -OCH3 is 1. The zero-order chi connectivity index (χ0) is 15.4. The van der Waals surface area contributed by atoms with E-state index in [0.717, 1.165) is 0 Å². The summed E-state index contributed by atoms with van der Waals surface area (Å²) in [5.74, 6) is -1.26. The van der Waals surface area contributed by atoms with Gasteiger partial charge in [-0.15, -0.1) is 0 Å². The van der Waals surface area contributed by atoms with E-state index in [4.69, 9.17) is 23.2 Å². The minimum atomic E-state index is -1.08. The number of hydrogen-bond donors (Lipinski definition) is 1. The van der Waals surface area contributed by atoms with E-state index in [1.807, 2.05) is 0 Å². The van der Waals surface area contributed by atoms with Gasteiger partial charge in [-0.25, -0.2) is 4.79 Å². The van der Waals surface area contributed by atoms with Crippen LogP contribution in [0, 0.1) is 0 Å². The Kier molecular flexibility index (Phi) is 4.82. The van der Waals surface area contributed by atoms with E-state index in [-0.39, 0.29) is 10.7 Å². The molecule has 2 aromatic rings. The van der Waals surface area contributed by atoms with Crippen LogP contribution in [0.4, 0.5) is 0 Å². The molecule has 8 heteroatoms. The third-order valence-corrected chi connectivity index (χ3v) is 3.22. The van der Waals surface area contributed by atoms with Crippen molar-refractivity contribution in [1.82, 2.24) is 10.5 Å². The van der Waals surface area contributed by atoms with Gasteiger partial charge >= 0.3 is 5.97 Å². The van der Waals surface area contributed by atoms with Crippen molar-refractivity contribution >= 4 is 35.1 Å². The Balaban J connectivity index is 2.30. The standard InChI is InChI=1S/C13H10Cl2N2O4/c1-20-13(19)11(8-3-2-7(14)6-9(8)15)16-12(18)10-4-5-21-17-10/h2-6,11H,1H3,(H,16,18). The molecule has 0 aliphatic carbocycles. The van der Waals surface area contributed by atoms with Crippen LogP contribution in [-0.4, -0.2) is 24.1 Å². The molecule has 1 aromatic carbocycles. The predicted molar refractivity (Wildman–Crippen MR) is 75.2 cm³/mol. The lowest BCUT2D eigenvalue weighted by molar-refractivity contribution is -0.143. The molecule has 0 bridgehead atoms. The number of halogens is 2. The Morgan fingerprint density at radius 1 is 1.33 bits per heavy atom. The summed E-state index contributed by atoms with van der Waals surface area (Å²) in [4.78, 5) is 23.9. The molecule has 1 N–H and O–H groups in total. The number of carbonyl (C=O) groups is 2. The highest BCUT2D eigenvalue weighted by molar-refractivity contribution is 6.35. The number of ether oxygens (including phenoxy) is 1. The molecule has 2 rings (SSSR count). The number of esters is 1. The van der Waals surface area contributed by atoms with Gasteiger partial charge in [0.1, 0.15) is 6.26 Å². The van der Waals surface area contributed by atoms with Crippen LogP contribution in [0.3, 0.4) is 0 Å². The highest BCUT2D eigenvalue weighted by Gasteiger charge is 2.27. The average Bonchev–Trinajstić information content (AvgIpc) is 2.98. The first kappa shape index (κ1) is 15.3. The topological polar surface area (TPSA) is 81.4 Å². The van der Waals surface area contributed by atoms with Crippen molar-refractivity contribution in [2.45, 2.75) is 6.04 Å². The average molecular weight is 329 g/mol. The first-order chi connectivity index (χ1) is 10.0. The monoisotopic (exact) mass is 328 g/mol. The predicted octanol–water partition coefficient (Wildman–Crippen LogP) is 2.63. The van der Waals surface area contributed by atoms with Crippen molar-refractivity contribution in [2.75, 3.05) is 7.11 Å². The summed E-state index contributed by atoms with van der Waals surface area (Å²) in [5.41, 5.74) is 0.402. The Morgan fingerprint density at radius 3 is 2.67 bits per heavy atom. The first-order valence-corrected chi connectivity index (χ1v) is 6.52. The van der Waals surface area contributed by atoms with Crippen molar-refractivity contribution in [3.05, 3.63) is 51.8 Å². The fourth-order valence-electron chi connectivity index (χ4n) is 1.65. The van der Waals surface area contributed by atoms with E-state index in [1.165, 1.54) is 31.6 Å². The third kappa shape index (κ3) is 3.53. The molecule has 1 amide bonds. The minimum Gasteiger partial charge on any atom is -0.467 e. The number of benzene rings is 1. The zero-order valence-electron chi connectivity index (χ0n) is 10.8. The molecule has 1 unspecified atom stereocenters.